The van der Waals surface area contributed by atoms with Gasteiger partial charge in [-0.2, -0.15) is 0 Å². The van der Waals surface area contributed by atoms with Crippen LogP contribution in [0.25, 0.3) is 22.7 Å². The summed E-state index contributed by atoms with van der Waals surface area (Å²) in [5, 5.41) is 21.7. The molecule has 2 N–H and O–H groups in total. The van der Waals surface area contributed by atoms with Crippen molar-refractivity contribution in [1.82, 2.24) is 4.98 Å². The summed E-state index contributed by atoms with van der Waals surface area (Å²) in [5.41, 5.74) is 1.99. The molecule has 0 radical (unpaired) electrons. The zero-order chi connectivity index (χ0) is 18.0. The lowest BCUT2D eigenvalue weighted by Gasteiger charge is -2.11. The second-order valence-electron chi connectivity index (χ2n) is 5.64. The number of pyridine rings is 1. The fourth-order valence-corrected chi connectivity index (χ4v) is 2.53. The van der Waals surface area contributed by atoms with Crippen LogP contribution in [0.1, 0.15) is 23.7 Å². The van der Waals surface area contributed by atoms with Gasteiger partial charge < -0.3 is 14.9 Å². The number of nitrogens with zero attached hydrogens (tertiary/aromatic N) is 1. The number of aliphatic hydroxyl groups excluding tert-OH is 1. The summed E-state index contributed by atoms with van der Waals surface area (Å²) in [7, 11) is 0. The third-order valence-corrected chi connectivity index (χ3v) is 3.82. The van der Waals surface area contributed by atoms with Crippen LogP contribution in [0.5, 0.6) is 11.5 Å². The van der Waals surface area contributed by atoms with Crippen LogP contribution in [0.4, 0.5) is 0 Å². The summed E-state index contributed by atoms with van der Waals surface area (Å²) >= 11 is 0. The number of rotatable bonds is 3. The number of para-hydroxylation sites is 1. The molecule has 3 rings (SSSR count). The number of carbonyl (C=O) groups is 1. The number of aromatic hydroxyl groups is 1. The summed E-state index contributed by atoms with van der Waals surface area (Å²) in [6, 6.07) is 14.4. The minimum Gasteiger partial charge on any atom is -0.507 e. The molecule has 0 atom stereocenters. The smallest absolute Gasteiger partial charge is 0.308 e. The lowest BCUT2D eigenvalue weighted by atomic mass is 10.1. The molecule has 0 unspecified atom stereocenters. The number of benzene rings is 2. The van der Waals surface area contributed by atoms with E-state index in [1.807, 2.05) is 30.3 Å². The first-order chi connectivity index (χ1) is 12.0. The first kappa shape index (κ1) is 16.5. The molecule has 0 saturated heterocycles. The maximum absolute atomic E-state index is 11.1. The minimum atomic E-state index is -0.477. The highest BCUT2D eigenvalue weighted by atomic mass is 16.5. The number of aliphatic hydroxyl groups is 1. The van der Waals surface area contributed by atoms with E-state index in [-0.39, 0.29) is 22.8 Å². The highest BCUT2D eigenvalue weighted by molar-refractivity contribution is 5.83. The largest absolute Gasteiger partial charge is 0.507 e. The number of hydrogen-bond donors (Lipinski definition) is 2. The van der Waals surface area contributed by atoms with Crippen molar-refractivity contribution in [1.29, 1.82) is 0 Å². The molecule has 5 heteroatoms. The van der Waals surface area contributed by atoms with Gasteiger partial charge in [0, 0.05) is 23.9 Å². The van der Waals surface area contributed by atoms with E-state index in [0.717, 1.165) is 10.9 Å². The van der Waals surface area contributed by atoms with E-state index in [4.69, 9.17) is 4.74 Å². The quantitative estimate of drug-likeness (QED) is 0.425. The lowest BCUT2D eigenvalue weighted by Crippen LogP contribution is -2.03. The number of esters is 1. The Kier molecular flexibility index (Phi) is 4.39. The van der Waals surface area contributed by atoms with Crippen LogP contribution in [0.15, 0.2) is 48.5 Å². The van der Waals surface area contributed by atoms with Crippen LogP contribution in [-0.4, -0.2) is 21.2 Å². The van der Waals surface area contributed by atoms with Crippen molar-refractivity contribution in [2.24, 2.45) is 0 Å². The number of phenolic OH excluding ortho intramolecular Hbond substituents is 1. The average Bonchev–Trinajstić information content (AvgIpc) is 2.58. The molecule has 1 heterocycles. The Labute approximate surface area is 144 Å². The highest BCUT2D eigenvalue weighted by Crippen LogP contribution is 2.34. The Bertz CT molecular complexity index is 992. The third kappa shape index (κ3) is 3.45. The predicted octanol–water partition coefficient (Wildman–Crippen LogP) is 4.23. The SMILES string of the molecule is CC(=O)Oc1ccc(/C(O)=C/c2ccc3ccccc3n2)c(O)c1C. The van der Waals surface area contributed by atoms with Gasteiger partial charge in [-0.3, -0.25) is 4.79 Å². The molecule has 0 saturated carbocycles. The Balaban J connectivity index is 1.98. The number of phenols is 1. The van der Waals surface area contributed by atoms with Crippen LogP contribution < -0.4 is 4.74 Å². The molecule has 0 fully saturated rings. The standard InChI is InChI=1S/C20H17NO4/c1-12-19(25-13(2)22)10-9-16(20(12)24)18(23)11-15-8-7-14-5-3-4-6-17(14)21-15/h3-11,23-24H,1-2H3/b18-11-. The van der Waals surface area contributed by atoms with Crippen LogP contribution >= 0.6 is 0 Å². The number of ether oxygens (including phenoxy) is 1. The Morgan fingerprint density at radius 2 is 1.88 bits per heavy atom. The molecule has 1 aromatic heterocycles. The number of aromatic nitrogens is 1. The lowest BCUT2D eigenvalue weighted by molar-refractivity contribution is -0.131. The summed E-state index contributed by atoms with van der Waals surface area (Å²) in [4.78, 5) is 15.5. The molecule has 0 bridgehead atoms. The fourth-order valence-electron chi connectivity index (χ4n) is 2.53. The predicted molar refractivity (Wildman–Crippen MR) is 96.4 cm³/mol. The van der Waals surface area contributed by atoms with E-state index < -0.39 is 5.97 Å². The van der Waals surface area contributed by atoms with Gasteiger partial charge in [0.15, 0.2) is 0 Å². The molecule has 0 aliphatic rings. The first-order valence-corrected chi connectivity index (χ1v) is 7.73. The van der Waals surface area contributed by atoms with E-state index >= 15 is 0 Å². The van der Waals surface area contributed by atoms with Gasteiger partial charge in [0.05, 0.1) is 16.8 Å². The van der Waals surface area contributed by atoms with E-state index in [9.17, 15) is 15.0 Å². The number of carbonyl (C=O) groups excluding carboxylic acids is 1. The summed E-state index contributed by atoms with van der Waals surface area (Å²) < 4.78 is 5.01. The molecule has 0 aliphatic carbocycles. The van der Waals surface area contributed by atoms with Crippen molar-refractivity contribution < 1.29 is 19.7 Å². The average molecular weight is 335 g/mol. The first-order valence-electron chi connectivity index (χ1n) is 7.73. The molecule has 126 valence electrons. The summed E-state index contributed by atoms with van der Waals surface area (Å²) in [6.45, 7) is 2.89. The highest BCUT2D eigenvalue weighted by Gasteiger charge is 2.14. The second kappa shape index (κ2) is 6.65. The summed E-state index contributed by atoms with van der Waals surface area (Å²) in [6.07, 6.45) is 1.48. The normalized spacial score (nSPS) is 11.5. The van der Waals surface area contributed by atoms with Gasteiger partial charge in [-0.25, -0.2) is 4.98 Å². The molecule has 5 nitrogen and oxygen atoms in total. The van der Waals surface area contributed by atoms with E-state index in [1.54, 1.807) is 13.0 Å². The van der Waals surface area contributed by atoms with Crippen LogP contribution in [0.3, 0.4) is 0 Å². The van der Waals surface area contributed by atoms with Crippen molar-refractivity contribution in [2.45, 2.75) is 13.8 Å². The molecular weight excluding hydrogens is 318 g/mol. The topological polar surface area (TPSA) is 79.7 Å². The van der Waals surface area contributed by atoms with Gasteiger partial charge in [0.2, 0.25) is 0 Å². The van der Waals surface area contributed by atoms with E-state index in [1.165, 1.54) is 25.1 Å². The molecule has 25 heavy (non-hydrogen) atoms. The molecule has 0 spiro atoms. The van der Waals surface area contributed by atoms with Gasteiger partial charge in [-0.15, -0.1) is 0 Å². The number of fused-ring (bicyclic) bond motifs is 1. The van der Waals surface area contributed by atoms with E-state index in [0.29, 0.717) is 11.3 Å². The molecule has 0 aliphatic heterocycles. The van der Waals surface area contributed by atoms with Crippen molar-refractivity contribution in [3.63, 3.8) is 0 Å². The fraction of sp³-hybridized carbons (Fsp3) is 0.100. The van der Waals surface area contributed by atoms with Crippen molar-refractivity contribution in [3.8, 4) is 11.5 Å². The van der Waals surface area contributed by atoms with Crippen LogP contribution in [-0.2, 0) is 4.79 Å². The minimum absolute atomic E-state index is 0.127. The van der Waals surface area contributed by atoms with Gasteiger partial charge >= 0.3 is 5.97 Å². The van der Waals surface area contributed by atoms with Crippen LogP contribution in [0, 0.1) is 6.92 Å². The van der Waals surface area contributed by atoms with Crippen molar-refractivity contribution >= 4 is 28.7 Å². The van der Waals surface area contributed by atoms with E-state index in [2.05, 4.69) is 4.98 Å². The Hall–Kier alpha value is -3.34. The molecule has 3 aromatic rings. The van der Waals surface area contributed by atoms with Crippen molar-refractivity contribution in [2.75, 3.05) is 0 Å². The zero-order valence-corrected chi connectivity index (χ0v) is 13.9. The molecule has 2 aromatic carbocycles. The number of hydrogen-bond acceptors (Lipinski definition) is 5. The second-order valence-corrected chi connectivity index (χ2v) is 5.64. The van der Waals surface area contributed by atoms with Gasteiger partial charge in [0.1, 0.15) is 17.3 Å². The van der Waals surface area contributed by atoms with Crippen molar-refractivity contribution in [3.05, 3.63) is 65.4 Å². The zero-order valence-electron chi connectivity index (χ0n) is 13.9. The maximum atomic E-state index is 11.1. The van der Waals surface area contributed by atoms with Crippen LogP contribution in [0.2, 0.25) is 0 Å². The Morgan fingerprint density at radius 1 is 1.12 bits per heavy atom. The Morgan fingerprint density at radius 3 is 2.64 bits per heavy atom. The molecule has 0 amide bonds. The van der Waals surface area contributed by atoms with Gasteiger partial charge in [-0.05, 0) is 31.2 Å². The van der Waals surface area contributed by atoms with Gasteiger partial charge in [-0.1, -0.05) is 24.3 Å². The summed E-state index contributed by atoms with van der Waals surface area (Å²) in [5.74, 6) is -0.494. The van der Waals surface area contributed by atoms with Gasteiger partial charge in [0.25, 0.3) is 0 Å². The monoisotopic (exact) mass is 335 g/mol. The third-order valence-electron chi connectivity index (χ3n) is 3.82. The molecular formula is C20H17NO4. The maximum Gasteiger partial charge on any atom is 0.308 e.